The smallest absolute Gasteiger partial charge is 0.133 e. The van der Waals surface area contributed by atoms with E-state index in [1.807, 2.05) is 6.08 Å². The molecule has 0 aliphatic heterocycles. The molecule has 0 aliphatic carbocycles. The Labute approximate surface area is 95.0 Å². The fourth-order valence-corrected chi connectivity index (χ4v) is 1.78. The molecule has 0 saturated heterocycles. The lowest BCUT2D eigenvalue weighted by Crippen LogP contribution is -2.05. The number of unbranched alkanes of at least 4 members (excludes halogenated alkanes) is 3. The van der Waals surface area contributed by atoms with E-state index in [0.717, 1.165) is 12.8 Å². The van der Waals surface area contributed by atoms with Crippen molar-refractivity contribution in [1.29, 1.82) is 0 Å². The van der Waals surface area contributed by atoms with Gasteiger partial charge in [-0.2, -0.15) is 0 Å². The summed E-state index contributed by atoms with van der Waals surface area (Å²) in [6.07, 6.45) is 10.5. The molecule has 1 heteroatoms. The van der Waals surface area contributed by atoms with Gasteiger partial charge in [0.15, 0.2) is 0 Å². The molecule has 0 radical (unpaired) electrons. The van der Waals surface area contributed by atoms with Crippen LogP contribution in [0.2, 0.25) is 0 Å². The maximum absolute atomic E-state index is 11.5. The predicted molar refractivity (Wildman–Crippen MR) is 67.0 cm³/mol. The van der Waals surface area contributed by atoms with Crippen molar-refractivity contribution in [3.8, 4) is 0 Å². The maximum Gasteiger partial charge on any atom is 0.133 e. The van der Waals surface area contributed by atoms with Crippen LogP contribution in [0.25, 0.3) is 0 Å². The van der Waals surface area contributed by atoms with Crippen molar-refractivity contribution in [2.45, 2.75) is 65.2 Å². The van der Waals surface area contributed by atoms with Crippen molar-refractivity contribution in [3.63, 3.8) is 0 Å². The normalized spacial score (nSPS) is 12.4. The summed E-state index contributed by atoms with van der Waals surface area (Å²) in [4.78, 5) is 11.5. The van der Waals surface area contributed by atoms with Gasteiger partial charge in [-0.15, -0.1) is 6.58 Å². The van der Waals surface area contributed by atoms with Crippen molar-refractivity contribution in [3.05, 3.63) is 12.7 Å². The highest BCUT2D eigenvalue weighted by atomic mass is 16.1. The average molecular weight is 210 g/mol. The minimum atomic E-state index is 0.401. The molecule has 0 amide bonds. The third-order valence-electron chi connectivity index (χ3n) is 2.75. The molecular formula is C14H26O. The Morgan fingerprint density at radius 3 is 2.67 bits per heavy atom. The van der Waals surface area contributed by atoms with Gasteiger partial charge in [-0.1, -0.05) is 52.0 Å². The Balaban J connectivity index is 3.42. The second kappa shape index (κ2) is 9.95. The number of hydrogen-bond acceptors (Lipinski definition) is 1. The van der Waals surface area contributed by atoms with Gasteiger partial charge >= 0.3 is 0 Å². The van der Waals surface area contributed by atoms with E-state index >= 15 is 0 Å². The van der Waals surface area contributed by atoms with E-state index in [4.69, 9.17) is 0 Å². The van der Waals surface area contributed by atoms with E-state index < -0.39 is 0 Å². The van der Waals surface area contributed by atoms with Crippen LogP contribution in [-0.2, 0) is 4.79 Å². The van der Waals surface area contributed by atoms with E-state index in [0.29, 0.717) is 18.1 Å². The van der Waals surface area contributed by atoms with E-state index in [1.165, 1.54) is 32.1 Å². The van der Waals surface area contributed by atoms with Crippen molar-refractivity contribution >= 4 is 5.78 Å². The van der Waals surface area contributed by atoms with Crippen LogP contribution in [0, 0.1) is 5.92 Å². The standard InChI is InChI=1S/C14H26O/c1-4-6-8-9-10-13(3)12-14(15)11-7-5-2/h5,13H,2,4,6-12H2,1,3H3. The minimum absolute atomic E-state index is 0.401. The molecule has 15 heavy (non-hydrogen) atoms. The molecule has 0 heterocycles. The lowest BCUT2D eigenvalue weighted by molar-refractivity contribution is -0.119. The van der Waals surface area contributed by atoms with Gasteiger partial charge in [0.1, 0.15) is 5.78 Å². The first-order valence-corrected chi connectivity index (χ1v) is 6.33. The average Bonchev–Trinajstić information content (AvgIpc) is 2.21. The summed E-state index contributed by atoms with van der Waals surface area (Å²) >= 11 is 0. The van der Waals surface area contributed by atoms with Gasteiger partial charge in [0, 0.05) is 12.8 Å². The molecule has 0 rings (SSSR count). The van der Waals surface area contributed by atoms with E-state index in [9.17, 15) is 4.79 Å². The molecule has 0 aromatic carbocycles. The lowest BCUT2D eigenvalue weighted by atomic mass is 9.96. The van der Waals surface area contributed by atoms with E-state index in [2.05, 4.69) is 20.4 Å². The predicted octanol–water partition coefficient (Wildman–Crippen LogP) is 4.52. The molecule has 0 N–H and O–H groups in total. The molecule has 0 bridgehead atoms. The summed E-state index contributed by atoms with van der Waals surface area (Å²) in [6.45, 7) is 8.05. The van der Waals surface area contributed by atoms with Gasteiger partial charge in [-0.25, -0.2) is 0 Å². The minimum Gasteiger partial charge on any atom is -0.300 e. The second-order valence-electron chi connectivity index (χ2n) is 4.52. The molecular weight excluding hydrogens is 184 g/mol. The molecule has 0 spiro atoms. The van der Waals surface area contributed by atoms with Crippen molar-refractivity contribution in [2.24, 2.45) is 5.92 Å². The Morgan fingerprint density at radius 1 is 1.33 bits per heavy atom. The second-order valence-corrected chi connectivity index (χ2v) is 4.52. The van der Waals surface area contributed by atoms with Crippen LogP contribution in [0.4, 0.5) is 0 Å². The highest BCUT2D eigenvalue weighted by Crippen LogP contribution is 2.15. The van der Waals surface area contributed by atoms with E-state index in [1.54, 1.807) is 0 Å². The van der Waals surface area contributed by atoms with Crippen LogP contribution >= 0.6 is 0 Å². The number of carbonyl (C=O) groups is 1. The Kier molecular flexibility index (Phi) is 9.55. The van der Waals surface area contributed by atoms with Crippen molar-refractivity contribution in [1.82, 2.24) is 0 Å². The SMILES string of the molecule is C=CCCC(=O)CC(C)CCCCCC. The summed E-state index contributed by atoms with van der Waals surface area (Å²) in [7, 11) is 0. The zero-order valence-electron chi connectivity index (χ0n) is 10.4. The third-order valence-corrected chi connectivity index (χ3v) is 2.75. The fourth-order valence-electron chi connectivity index (χ4n) is 1.78. The number of rotatable bonds is 10. The molecule has 88 valence electrons. The fraction of sp³-hybridized carbons (Fsp3) is 0.786. The molecule has 1 atom stereocenters. The summed E-state index contributed by atoms with van der Waals surface area (Å²) in [6, 6.07) is 0. The topological polar surface area (TPSA) is 17.1 Å². The Hall–Kier alpha value is -0.590. The molecule has 0 aliphatic rings. The summed E-state index contributed by atoms with van der Waals surface area (Å²) in [5.74, 6) is 0.970. The van der Waals surface area contributed by atoms with Gasteiger partial charge in [0.05, 0.1) is 0 Å². The largest absolute Gasteiger partial charge is 0.300 e. The number of allylic oxidation sites excluding steroid dienone is 1. The quantitative estimate of drug-likeness (QED) is 0.383. The monoisotopic (exact) mass is 210 g/mol. The van der Waals surface area contributed by atoms with Gasteiger partial charge in [0.2, 0.25) is 0 Å². The number of Topliss-reactive ketones (excluding diaryl/α,β-unsaturated/α-hetero) is 1. The van der Waals surface area contributed by atoms with Gasteiger partial charge in [-0.05, 0) is 12.3 Å². The van der Waals surface area contributed by atoms with Crippen LogP contribution in [0.3, 0.4) is 0 Å². The van der Waals surface area contributed by atoms with Crippen LogP contribution in [-0.4, -0.2) is 5.78 Å². The number of carbonyl (C=O) groups excluding carboxylic acids is 1. The Morgan fingerprint density at radius 2 is 2.07 bits per heavy atom. The third kappa shape index (κ3) is 9.71. The van der Waals surface area contributed by atoms with Gasteiger partial charge in [-0.3, -0.25) is 4.79 Å². The lowest BCUT2D eigenvalue weighted by Gasteiger charge is -2.09. The summed E-state index contributed by atoms with van der Waals surface area (Å²) < 4.78 is 0. The van der Waals surface area contributed by atoms with Crippen LogP contribution in [0.15, 0.2) is 12.7 Å². The first kappa shape index (κ1) is 14.4. The number of hydrogen-bond donors (Lipinski definition) is 0. The highest BCUT2D eigenvalue weighted by Gasteiger charge is 2.07. The maximum atomic E-state index is 11.5. The van der Waals surface area contributed by atoms with Crippen LogP contribution < -0.4 is 0 Å². The molecule has 0 saturated carbocycles. The van der Waals surface area contributed by atoms with Crippen LogP contribution in [0.5, 0.6) is 0 Å². The van der Waals surface area contributed by atoms with E-state index in [-0.39, 0.29) is 0 Å². The van der Waals surface area contributed by atoms with Crippen molar-refractivity contribution in [2.75, 3.05) is 0 Å². The summed E-state index contributed by atoms with van der Waals surface area (Å²) in [5.41, 5.74) is 0. The zero-order valence-corrected chi connectivity index (χ0v) is 10.4. The summed E-state index contributed by atoms with van der Waals surface area (Å²) in [5, 5.41) is 0. The van der Waals surface area contributed by atoms with Crippen molar-refractivity contribution < 1.29 is 4.79 Å². The zero-order chi connectivity index (χ0) is 11.5. The highest BCUT2D eigenvalue weighted by molar-refractivity contribution is 5.78. The molecule has 0 aromatic rings. The van der Waals surface area contributed by atoms with Gasteiger partial charge < -0.3 is 0 Å². The molecule has 1 unspecified atom stereocenters. The van der Waals surface area contributed by atoms with Crippen LogP contribution in [0.1, 0.15) is 65.2 Å². The first-order valence-electron chi connectivity index (χ1n) is 6.33. The molecule has 1 nitrogen and oxygen atoms in total. The molecule has 0 aromatic heterocycles. The number of ketones is 1. The van der Waals surface area contributed by atoms with Gasteiger partial charge in [0.25, 0.3) is 0 Å². The molecule has 0 fully saturated rings. The first-order chi connectivity index (χ1) is 7.20. The Bertz CT molecular complexity index is 172.